The smallest absolute Gasteiger partial charge is 0.335 e. The van der Waals surface area contributed by atoms with Crippen molar-refractivity contribution in [2.24, 2.45) is 0 Å². The lowest BCUT2D eigenvalue weighted by atomic mass is 10.2. The molecule has 0 unspecified atom stereocenters. The van der Waals surface area contributed by atoms with Crippen LogP contribution in [0, 0.1) is 0 Å². The molecule has 1 aliphatic rings. The SMILES string of the molecule is CS(=O)(=O)c1nnc([C@@H]2CCCN2C(=O)c2cccs2)o1. The van der Waals surface area contributed by atoms with Crippen molar-refractivity contribution in [1.29, 1.82) is 0 Å². The van der Waals surface area contributed by atoms with Gasteiger partial charge in [-0.1, -0.05) is 11.2 Å². The molecule has 7 nitrogen and oxygen atoms in total. The highest BCUT2D eigenvalue weighted by Crippen LogP contribution is 2.33. The molecule has 9 heteroatoms. The fraction of sp³-hybridized carbons (Fsp3) is 0.417. The van der Waals surface area contributed by atoms with E-state index in [1.54, 1.807) is 11.0 Å². The summed E-state index contributed by atoms with van der Waals surface area (Å²) in [6.45, 7) is 0.595. The molecule has 0 radical (unpaired) electrons. The van der Waals surface area contributed by atoms with Gasteiger partial charge in [0.25, 0.3) is 5.91 Å². The summed E-state index contributed by atoms with van der Waals surface area (Å²) in [5.41, 5.74) is 0. The van der Waals surface area contributed by atoms with Crippen molar-refractivity contribution in [2.45, 2.75) is 24.1 Å². The predicted octanol–water partition coefficient (Wildman–Crippen LogP) is 1.51. The Bertz CT molecular complexity index is 751. The number of hydrogen-bond donors (Lipinski definition) is 0. The third-order valence-electron chi connectivity index (χ3n) is 3.27. The Kier molecular flexibility index (Phi) is 3.54. The van der Waals surface area contributed by atoms with Crippen molar-refractivity contribution in [1.82, 2.24) is 15.1 Å². The molecule has 3 heterocycles. The van der Waals surface area contributed by atoms with Gasteiger partial charge in [-0.15, -0.1) is 16.4 Å². The zero-order valence-corrected chi connectivity index (χ0v) is 12.9. The Morgan fingerprint density at radius 2 is 2.29 bits per heavy atom. The van der Waals surface area contributed by atoms with Gasteiger partial charge >= 0.3 is 5.22 Å². The van der Waals surface area contributed by atoms with Crippen LogP contribution in [0.1, 0.15) is 34.4 Å². The van der Waals surface area contributed by atoms with E-state index in [-0.39, 0.29) is 17.8 Å². The lowest BCUT2D eigenvalue weighted by Crippen LogP contribution is -2.30. The number of aromatic nitrogens is 2. The maximum Gasteiger partial charge on any atom is 0.335 e. The van der Waals surface area contributed by atoms with Crippen LogP contribution in [0.15, 0.2) is 27.2 Å². The summed E-state index contributed by atoms with van der Waals surface area (Å²) in [6.07, 6.45) is 2.51. The third-order valence-corrected chi connectivity index (χ3v) is 4.93. The first kappa shape index (κ1) is 14.2. The summed E-state index contributed by atoms with van der Waals surface area (Å²) in [4.78, 5) is 14.7. The van der Waals surface area contributed by atoms with E-state index in [4.69, 9.17) is 4.42 Å². The third kappa shape index (κ3) is 2.70. The van der Waals surface area contributed by atoms with Crippen LogP contribution in [-0.4, -0.2) is 42.2 Å². The van der Waals surface area contributed by atoms with Crippen LogP contribution in [0.4, 0.5) is 0 Å². The molecule has 112 valence electrons. The van der Waals surface area contributed by atoms with Crippen molar-refractivity contribution in [3.05, 3.63) is 28.3 Å². The molecule has 0 bridgehead atoms. The number of carbonyl (C=O) groups is 1. The second-order valence-electron chi connectivity index (χ2n) is 4.81. The first-order chi connectivity index (χ1) is 9.97. The molecule has 21 heavy (non-hydrogen) atoms. The molecule has 3 rings (SSSR count). The number of rotatable bonds is 3. The molecule has 0 aliphatic carbocycles. The van der Waals surface area contributed by atoms with Gasteiger partial charge in [-0.3, -0.25) is 4.79 Å². The minimum Gasteiger partial charge on any atom is -0.410 e. The number of thiophene rings is 1. The first-order valence-corrected chi connectivity index (χ1v) is 9.12. The van der Waals surface area contributed by atoms with E-state index in [0.717, 1.165) is 12.7 Å². The quantitative estimate of drug-likeness (QED) is 0.848. The van der Waals surface area contributed by atoms with Gasteiger partial charge in [-0.2, -0.15) is 0 Å². The summed E-state index contributed by atoms with van der Waals surface area (Å²) >= 11 is 1.37. The van der Waals surface area contributed by atoms with Gasteiger partial charge in [-0.05, 0) is 24.3 Å². The van der Waals surface area contributed by atoms with Crippen molar-refractivity contribution < 1.29 is 17.6 Å². The average Bonchev–Trinajstić information content (AvgIpc) is 3.16. The largest absolute Gasteiger partial charge is 0.410 e. The highest BCUT2D eigenvalue weighted by atomic mass is 32.2. The summed E-state index contributed by atoms with van der Waals surface area (Å²) in [5, 5.41) is 8.77. The van der Waals surface area contributed by atoms with E-state index in [9.17, 15) is 13.2 Å². The van der Waals surface area contributed by atoms with Gasteiger partial charge in [0, 0.05) is 12.8 Å². The van der Waals surface area contributed by atoms with E-state index in [2.05, 4.69) is 10.2 Å². The van der Waals surface area contributed by atoms with Crippen molar-refractivity contribution in [3.63, 3.8) is 0 Å². The van der Waals surface area contributed by atoms with Crippen LogP contribution >= 0.6 is 11.3 Å². The van der Waals surface area contributed by atoms with E-state index in [1.807, 2.05) is 11.4 Å². The number of nitrogens with zero attached hydrogens (tertiary/aromatic N) is 3. The van der Waals surface area contributed by atoms with Gasteiger partial charge in [0.2, 0.25) is 15.7 Å². The highest BCUT2D eigenvalue weighted by Gasteiger charge is 2.35. The molecule has 0 saturated carbocycles. The minimum absolute atomic E-state index is 0.0911. The van der Waals surface area contributed by atoms with Crippen LogP contribution in [0.5, 0.6) is 0 Å². The summed E-state index contributed by atoms with van der Waals surface area (Å²) in [6, 6.07) is 3.22. The zero-order valence-electron chi connectivity index (χ0n) is 11.2. The number of sulfone groups is 1. The first-order valence-electron chi connectivity index (χ1n) is 6.35. The Morgan fingerprint density at radius 3 is 2.90 bits per heavy atom. The molecule has 1 saturated heterocycles. The molecule has 2 aromatic rings. The van der Waals surface area contributed by atoms with Crippen LogP contribution in [0.25, 0.3) is 0 Å². The fourth-order valence-electron chi connectivity index (χ4n) is 2.31. The number of hydrogen-bond acceptors (Lipinski definition) is 7. The molecule has 0 N–H and O–H groups in total. The van der Waals surface area contributed by atoms with E-state index in [0.29, 0.717) is 17.8 Å². The number of carbonyl (C=O) groups excluding carboxylic acids is 1. The Balaban J connectivity index is 1.87. The molecule has 1 fully saturated rings. The van der Waals surface area contributed by atoms with Gasteiger partial charge in [-0.25, -0.2) is 8.42 Å². The number of likely N-dealkylation sites (tertiary alicyclic amines) is 1. The summed E-state index contributed by atoms with van der Waals surface area (Å²) in [7, 11) is -3.53. The maximum absolute atomic E-state index is 12.4. The zero-order chi connectivity index (χ0) is 15.0. The van der Waals surface area contributed by atoms with Gasteiger partial charge < -0.3 is 9.32 Å². The molecule has 1 aliphatic heterocycles. The second kappa shape index (κ2) is 5.23. The van der Waals surface area contributed by atoms with Gasteiger partial charge in [0.05, 0.1) is 4.88 Å². The monoisotopic (exact) mass is 327 g/mol. The van der Waals surface area contributed by atoms with Gasteiger partial charge in [0.1, 0.15) is 6.04 Å². The van der Waals surface area contributed by atoms with Crippen LogP contribution in [0.2, 0.25) is 0 Å². The van der Waals surface area contributed by atoms with E-state index in [1.165, 1.54) is 11.3 Å². The Hall–Kier alpha value is -1.74. The Morgan fingerprint density at radius 1 is 1.48 bits per heavy atom. The molecular weight excluding hydrogens is 314 g/mol. The van der Waals surface area contributed by atoms with Crippen LogP contribution in [-0.2, 0) is 9.84 Å². The maximum atomic E-state index is 12.4. The van der Waals surface area contributed by atoms with Crippen molar-refractivity contribution in [2.75, 3.05) is 12.8 Å². The van der Waals surface area contributed by atoms with Crippen LogP contribution in [0.3, 0.4) is 0 Å². The lowest BCUT2D eigenvalue weighted by Gasteiger charge is -2.21. The molecule has 1 atom stereocenters. The van der Waals surface area contributed by atoms with E-state index < -0.39 is 15.1 Å². The second-order valence-corrected chi connectivity index (χ2v) is 7.65. The van der Waals surface area contributed by atoms with Gasteiger partial charge in [0.15, 0.2) is 0 Å². The summed E-state index contributed by atoms with van der Waals surface area (Å²) < 4.78 is 28.0. The summed E-state index contributed by atoms with van der Waals surface area (Å²) in [5.74, 6) is 0.0874. The van der Waals surface area contributed by atoms with Crippen LogP contribution < -0.4 is 0 Å². The van der Waals surface area contributed by atoms with Crippen molar-refractivity contribution >= 4 is 27.1 Å². The topological polar surface area (TPSA) is 93.4 Å². The molecule has 0 spiro atoms. The lowest BCUT2D eigenvalue weighted by molar-refractivity contribution is 0.0717. The molecule has 2 aromatic heterocycles. The molecule has 0 aromatic carbocycles. The normalized spacial score (nSPS) is 19.1. The standard InChI is InChI=1S/C12H13N3O4S2/c1-21(17,18)12-14-13-10(19-12)8-4-2-6-15(8)11(16)9-5-3-7-20-9/h3,5,7-8H,2,4,6H2,1H3/t8-/m0/s1. The average molecular weight is 327 g/mol. The highest BCUT2D eigenvalue weighted by molar-refractivity contribution is 7.90. The number of amides is 1. The Labute approximate surface area is 125 Å². The fourth-order valence-corrected chi connectivity index (χ4v) is 3.42. The molecular formula is C12H13N3O4S2. The van der Waals surface area contributed by atoms with E-state index >= 15 is 0 Å². The molecule has 1 amide bonds. The minimum atomic E-state index is -3.53. The predicted molar refractivity (Wildman–Crippen MR) is 74.7 cm³/mol. The van der Waals surface area contributed by atoms with Crippen molar-refractivity contribution in [3.8, 4) is 0 Å².